The van der Waals surface area contributed by atoms with E-state index in [9.17, 15) is 9.59 Å². The zero-order valence-corrected chi connectivity index (χ0v) is 11.3. The first-order chi connectivity index (χ1) is 9.63. The molecule has 1 amide bonds. The van der Waals surface area contributed by atoms with Crippen molar-refractivity contribution >= 4 is 5.91 Å². The number of nitrogens with one attached hydrogen (secondary N) is 3. The molecule has 0 radical (unpaired) electrons. The van der Waals surface area contributed by atoms with E-state index in [-0.39, 0.29) is 18.1 Å². The summed E-state index contributed by atoms with van der Waals surface area (Å²) in [6.45, 7) is 0.265. The first-order valence-corrected chi connectivity index (χ1v) is 6.73. The predicted octanol–water partition coefficient (Wildman–Crippen LogP) is 0.577. The maximum atomic E-state index is 12.3. The van der Waals surface area contributed by atoms with Crippen LogP contribution in [0.2, 0.25) is 0 Å². The van der Waals surface area contributed by atoms with Crippen LogP contribution in [0.15, 0.2) is 10.9 Å². The van der Waals surface area contributed by atoms with Crippen molar-refractivity contribution in [1.82, 2.24) is 25.1 Å². The molecule has 0 bridgehead atoms. The number of carbonyl (C=O) groups is 1. The average Bonchev–Trinajstić information content (AvgIpc) is 3.03. The van der Waals surface area contributed by atoms with Gasteiger partial charge in [-0.25, -0.2) is 9.89 Å². The second-order valence-electron chi connectivity index (χ2n) is 5.18. The van der Waals surface area contributed by atoms with Gasteiger partial charge in [-0.1, -0.05) is 0 Å². The van der Waals surface area contributed by atoms with Crippen LogP contribution in [0.4, 0.5) is 0 Å². The molecule has 0 fully saturated rings. The summed E-state index contributed by atoms with van der Waals surface area (Å²) in [5, 5.41) is 6.09. The molecule has 20 heavy (non-hydrogen) atoms. The number of aromatic nitrogens is 4. The van der Waals surface area contributed by atoms with Crippen molar-refractivity contribution < 1.29 is 4.79 Å². The minimum Gasteiger partial charge on any atom is -0.354 e. The van der Waals surface area contributed by atoms with Gasteiger partial charge in [0.2, 0.25) is 0 Å². The molecule has 2 aromatic heterocycles. The second kappa shape index (κ2) is 4.99. The highest BCUT2D eigenvalue weighted by Gasteiger charge is 2.19. The number of hydrogen-bond donors (Lipinski definition) is 3. The molecule has 0 spiro atoms. The highest BCUT2D eigenvalue weighted by atomic mass is 16.2. The Balaban J connectivity index is 1.74. The number of hydrogen-bond acceptors (Lipinski definition) is 3. The van der Waals surface area contributed by atoms with Crippen LogP contribution in [-0.4, -0.2) is 38.0 Å². The highest BCUT2D eigenvalue weighted by Crippen LogP contribution is 2.22. The molecule has 0 atom stereocenters. The van der Waals surface area contributed by atoms with Gasteiger partial charge in [0.05, 0.1) is 6.54 Å². The molecule has 1 aliphatic carbocycles. The normalized spacial score (nSPS) is 14.1. The molecule has 7 heteroatoms. The van der Waals surface area contributed by atoms with Gasteiger partial charge in [-0.2, -0.15) is 5.10 Å². The first-order valence-electron chi connectivity index (χ1n) is 6.73. The molecule has 7 nitrogen and oxygen atoms in total. The fraction of sp³-hybridized carbons (Fsp3) is 0.462. The third-order valence-electron chi connectivity index (χ3n) is 3.63. The Morgan fingerprint density at radius 3 is 2.85 bits per heavy atom. The van der Waals surface area contributed by atoms with Crippen LogP contribution in [0.5, 0.6) is 0 Å². The lowest BCUT2D eigenvalue weighted by Gasteiger charge is -2.14. The zero-order chi connectivity index (χ0) is 14.1. The van der Waals surface area contributed by atoms with Gasteiger partial charge >= 0.3 is 5.69 Å². The lowest BCUT2D eigenvalue weighted by molar-refractivity contribution is 0.0776. The summed E-state index contributed by atoms with van der Waals surface area (Å²) in [6.07, 6.45) is 4.41. The van der Waals surface area contributed by atoms with Gasteiger partial charge in [-0.3, -0.25) is 9.78 Å². The number of aromatic amines is 3. The minimum absolute atomic E-state index is 0.0942. The van der Waals surface area contributed by atoms with Gasteiger partial charge in [0.1, 0.15) is 5.69 Å². The van der Waals surface area contributed by atoms with Gasteiger partial charge in [0, 0.05) is 12.7 Å². The summed E-state index contributed by atoms with van der Waals surface area (Å²) in [5.41, 5.74) is 2.68. The first kappa shape index (κ1) is 12.7. The molecule has 0 aliphatic heterocycles. The fourth-order valence-corrected chi connectivity index (χ4v) is 2.60. The number of H-pyrrole nitrogens is 3. The Hall–Kier alpha value is -2.31. The van der Waals surface area contributed by atoms with Crippen molar-refractivity contribution in [2.75, 3.05) is 7.05 Å². The fourth-order valence-electron chi connectivity index (χ4n) is 2.60. The van der Waals surface area contributed by atoms with E-state index in [1.54, 1.807) is 7.05 Å². The van der Waals surface area contributed by atoms with Gasteiger partial charge in [0.25, 0.3) is 5.91 Å². The van der Waals surface area contributed by atoms with Crippen molar-refractivity contribution in [3.05, 3.63) is 39.3 Å². The average molecular weight is 275 g/mol. The molecule has 106 valence electrons. The van der Waals surface area contributed by atoms with E-state index < -0.39 is 0 Å². The molecule has 2 heterocycles. The van der Waals surface area contributed by atoms with Crippen molar-refractivity contribution in [2.24, 2.45) is 0 Å². The zero-order valence-electron chi connectivity index (χ0n) is 11.3. The summed E-state index contributed by atoms with van der Waals surface area (Å²) < 4.78 is 0. The molecular formula is C13H17N5O2. The number of carbonyl (C=O) groups excluding carboxylic acids is 1. The summed E-state index contributed by atoms with van der Waals surface area (Å²) in [7, 11) is 1.69. The standard InChI is InChI=1S/C13H17N5O2/c1-18(7-11-15-13(20)17-16-11)12(19)10-6-8-4-2-3-5-9(8)14-10/h6,14H,2-5,7H2,1H3,(H2,15,16,17,20). The van der Waals surface area contributed by atoms with Gasteiger partial charge < -0.3 is 9.88 Å². The quantitative estimate of drug-likeness (QED) is 0.764. The van der Waals surface area contributed by atoms with Crippen LogP contribution in [0.3, 0.4) is 0 Å². The van der Waals surface area contributed by atoms with Gasteiger partial charge in [-0.05, 0) is 37.3 Å². The summed E-state index contributed by atoms with van der Waals surface area (Å²) in [5.74, 6) is 0.352. The molecule has 0 unspecified atom stereocenters. The van der Waals surface area contributed by atoms with Gasteiger partial charge in [-0.15, -0.1) is 0 Å². The van der Waals surface area contributed by atoms with Crippen molar-refractivity contribution in [3.63, 3.8) is 0 Å². The van der Waals surface area contributed by atoms with E-state index in [2.05, 4.69) is 20.2 Å². The Bertz CT molecular complexity index is 657. The molecule has 0 saturated heterocycles. The number of nitrogens with zero attached hydrogens (tertiary/aromatic N) is 2. The highest BCUT2D eigenvalue weighted by molar-refractivity contribution is 5.92. The Kier molecular flexibility index (Phi) is 3.17. The molecule has 1 aliphatic rings. The molecule has 3 rings (SSSR count). The van der Waals surface area contributed by atoms with Gasteiger partial charge in [0.15, 0.2) is 5.82 Å². The van der Waals surface area contributed by atoms with Crippen LogP contribution in [0.1, 0.15) is 40.4 Å². The van der Waals surface area contributed by atoms with E-state index in [0.717, 1.165) is 12.8 Å². The molecule has 2 aromatic rings. The summed E-state index contributed by atoms with van der Waals surface area (Å²) >= 11 is 0. The van der Waals surface area contributed by atoms with E-state index in [4.69, 9.17) is 0 Å². The lowest BCUT2D eigenvalue weighted by Crippen LogP contribution is -2.27. The van der Waals surface area contributed by atoms with Crippen LogP contribution in [0, 0.1) is 0 Å². The maximum Gasteiger partial charge on any atom is 0.340 e. The third-order valence-corrected chi connectivity index (χ3v) is 3.63. The molecule has 0 saturated carbocycles. The lowest BCUT2D eigenvalue weighted by atomic mass is 9.98. The molecular weight excluding hydrogens is 258 g/mol. The van der Waals surface area contributed by atoms with Crippen LogP contribution in [0.25, 0.3) is 0 Å². The monoisotopic (exact) mass is 275 g/mol. The SMILES string of the molecule is CN(Cc1n[nH]c(=O)[nH]1)C(=O)c1cc2c([nH]1)CCCC2. The number of amides is 1. The van der Waals surface area contributed by atoms with E-state index in [1.165, 1.54) is 29.0 Å². The predicted molar refractivity (Wildman–Crippen MR) is 72.4 cm³/mol. The van der Waals surface area contributed by atoms with Crippen LogP contribution < -0.4 is 5.69 Å². The summed E-state index contributed by atoms with van der Waals surface area (Å²) in [4.78, 5) is 30.6. The van der Waals surface area contributed by atoms with Crippen molar-refractivity contribution in [2.45, 2.75) is 32.2 Å². The number of rotatable bonds is 3. The van der Waals surface area contributed by atoms with Crippen molar-refractivity contribution in [3.8, 4) is 0 Å². The molecule has 0 aromatic carbocycles. The summed E-state index contributed by atoms with van der Waals surface area (Å²) in [6, 6.07) is 1.95. The third kappa shape index (κ3) is 2.38. The van der Waals surface area contributed by atoms with E-state index >= 15 is 0 Å². The number of aryl methyl sites for hydroxylation is 2. The Morgan fingerprint density at radius 2 is 2.15 bits per heavy atom. The van der Waals surface area contributed by atoms with Crippen LogP contribution >= 0.6 is 0 Å². The second-order valence-corrected chi connectivity index (χ2v) is 5.18. The van der Waals surface area contributed by atoms with E-state index in [0.29, 0.717) is 11.5 Å². The largest absolute Gasteiger partial charge is 0.354 e. The Labute approximate surface area is 115 Å². The smallest absolute Gasteiger partial charge is 0.340 e. The Morgan fingerprint density at radius 1 is 1.35 bits per heavy atom. The molecule has 3 N–H and O–H groups in total. The van der Waals surface area contributed by atoms with E-state index in [1.807, 2.05) is 6.07 Å². The van der Waals surface area contributed by atoms with Crippen LogP contribution in [-0.2, 0) is 19.4 Å². The van der Waals surface area contributed by atoms with Crippen molar-refractivity contribution in [1.29, 1.82) is 0 Å². The minimum atomic E-state index is -0.365. The topological polar surface area (TPSA) is 97.6 Å². The number of fused-ring (bicyclic) bond motifs is 1. The maximum absolute atomic E-state index is 12.3.